The largest absolute Gasteiger partial charge is 0.353 e. The molecule has 0 aliphatic heterocycles. The second-order valence-electron chi connectivity index (χ2n) is 4.69. The number of hydrogen-bond acceptors (Lipinski definition) is 4. The van der Waals surface area contributed by atoms with Gasteiger partial charge in [-0.05, 0) is 25.8 Å². The van der Waals surface area contributed by atoms with E-state index in [4.69, 9.17) is 0 Å². The number of thioether (sulfide) groups is 1. The second kappa shape index (κ2) is 6.73. The molecule has 1 aromatic rings. The van der Waals surface area contributed by atoms with E-state index in [1.165, 1.54) is 37.4 Å². The summed E-state index contributed by atoms with van der Waals surface area (Å²) in [5.74, 6) is 0.551. The van der Waals surface area contributed by atoms with Crippen molar-refractivity contribution < 1.29 is 4.79 Å². The average molecular weight is 265 g/mol. The van der Waals surface area contributed by atoms with E-state index in [9.17, 15) is 4.79 Å². The highest BCUT2D eigenvalue weighted by atomic mass is 32.2. The van der Waals surface area contributed by atoms with Crippen LogP contribution in [0.2, 0.25) is 0 Å². The van der Waals surface area contributed by atoms with Crippen molar-refractivity contribution in [2.45, 2.75) is 50.1 Å². The van der Waals surface area contributed by atoms with E-state index < -0.39 is 0 Å². The number of hydrogen-bond donors (Lipinski definition) is 1. The fourth-order valence-corrected chi connectivity index (χ4v) is 2.90. The number of nitrogens with zero attached hydrogens (tertiary/aromatic N) is 2. The van der Waals surface area contributed by atoms with Crippen molar-refractivity contribution in [2.75, 3.05) is 5.75 Å². The number of nitrogens with one attached hydrogen (secondary N) is 1. The lowest BCUT2D eigenvalue weighted by atomic mass is 9.95. The van der Waals surface area contributed by atoms with Crippen molar-refractivity contribution in [3.05, 3.63) is 18.1 Å². The van der Waals surface area contributed by atoms with Gasteiger partial charge in [0.1, 0.15) is 11.4 Å². The maximum Gasteiger partial charge on any atom is 0.230 e. The van der Waals surface area contributed by atoms with Crippen LogP contribution in [-0.2, 0) is 4.79 Å². The Hall–Kier alpha value is -1.10. The number of carbonyl (C=O) groups excluding carboxylic acids is 1. The highest BCUT2D eigenvalue weighted by Gasteiger charge is 2.15. The second-order valence-corrected chi connectivity index (χ2v) is 5.68. The van der Waals surface area contributed by atoms with Gasteiger partial charge in [-0.15, -0.1) is 0 Å². The van der Waals surface area contributed by atoms with Crippen LogP contribution in [0, 0.1) is 6.92 Å². The Morgan fingerprint density at radius 2 is 2.17 bits per heavy atom. The van der Waals surface area contributed by atoms with Crippen LogP contribution in [0.4, 0.5) is 0 Å². The molecular formula is C13H19N3OS. The number of amides is 1. The standard InChI is InChI=1S/C13H19N3OS/c1-10-7-13(15-9-14-10)18-8-12(17)16-11-5-3-2-4-6-11/h7,9,11H,2-6,8H2,1H3,(H,16,17). The van der Waals surface area contributed by atoms with Gasteiger partial charge in [-0.25, -0.2) is 9.97 Å². The van der Waals surface area contributed by atoms with E-state index in [-0.39, 0.29) is 5.91 Å². The van der Waals surface area contributed by atoms with E-state index in [0.29, 0.717) is 11.8 Å². The van der Waals surface area contributed by atoms with Gasteiger partial charge in [-0.1, -0.05) is 31.0 Å². The van der Waals surface area contributed by atoms with E-state index in [0.717, 1.165) is 23.6 Å². The molecule has 0 aromatic carbocycles. The van der Waals surface area contributed by atoms with Crippen LogP contribution in [0.1, 0.15) is 37.8 Å². The topological polar surface area (TPSA) is 54.9 Å². The Morgan fingerprint density at radius 1 is 1.39 bits per heavy atom. The van der Waals surface area contributed by atoms with Crippen molar-refractivity contribution in [1.82, 2.24) is 15.3 Å². The first-order valence-corrected chi connectivity index (χ1v) is 7.43. The molecule has 98 valence electrons. The van der Waals surface area contributed by atoms with E-state index in [1.807, 2.05) is 13.0 Å². The molecule has 1 aliphatic rings. The molecular weight excluding hydrogens is 246 g/mol. The predicted molar refractivity (Wildman–Crippen MR) is 72.5 cm³/mol. The van der Waals surface area contributed by atoms with Crippen LogP contribution >= 0.6 is 11.8 Å². The third-order valence-electron chi connectivity index (χ3n) is 3.10. The molecule has 0 unspecified atom stereocenters. The summed E-state index contributed by atoms with van der Waals surface area (Å²) in [4.78, 5) is 20.0. The maximum absolute atomic E-state index is 11.8. The molecule has 0 atom stereocenters. The van der Waals surface area contributed by atoms with E-state index in [2.05, 4.69) is 15.3 Å². The van der Waals surface area contributed by atoms with Gasteiger partial charge in [0.05, 0.1) is 5.75 Å². The molecule has 2 rings (SSSR count). The van der Waals surface area contributed by atoms with Gasteiger partial charge in [0.25, 0.3) is 0 Å². The van der Waals surface area contributed by atoms with Crippen LogP contribution in [0.15, 0.2) is 17.4 Å². The Labute approximate surface area is 112 Å². The number of rotatable bonds is 4. The van der Waals surface area contributed by atoms with Crippen LogP contribution in [0.3, 0.4) is 0 Å². The quantitative estimate of drug-likeness (QED) is 0.670. The smallest absolute Gasteiger partial charge is 0.230 e. The summed E-state index contributed by atoms with van der Waals surface area (Å²) >= 11 is 1.47. The van der Waals surface area contributed by atoms with Gasteiger partial charge in [0.15, 0.2) is 0 Å². The molecule has 0 bridgehead atoms. The van der Waals surface area contributed by atoms with E-state index >= 15 is 0 Å². The van der Waals surface area contributed by atoms with Crippen LogP contribution < -0.4 is 5.32 Å². The van der Waals surface area contributed by atoms with Gasteiger partial charge >= 0.3 is 0 Å². The minimum atomic E-state index is 0.114. The SMILES string of the molecule is Cc1cc(SCC(=O)NC2CCCCC2)ncn1. The van der Waals surface area contributed by atoms with Crippen molar-refractivity contribution in [1.29, 1.82) is 0 Å². The normalized spacial score (nSPS) is 16.5. The lowest BCUT2D eigenvalue weighted by Crippen LogP contribution is -2.37. The first kappa shape index (κ1) is 13.3. The summed E-state index contributed by atoms with van der Waals surface area (Å²) in [6.45, 7) is 1.92. The summed E-state index contributed by atoms with van der Waals surface area (Å²) < 4.78 is 0. The predicted octanol–water partition coefficient (Wildman–Crippen LogP) is 2.33. The number of carbonyl (C=O) groups is 1. The van der Waals surface area contributed by atoms with Gasteiger partial charge in [0, 0.05) is 11.7 Å². The lowest BCUT2D eigenvalue weighted by molar-refractivity contribution is -0.119. The zero-order valence-corrected chi connectivity index (χ0v) is 11.5. The van der Waals surface area contributed by atoms with Gasteiger partial charge in [-0.3, -0.25) is 4.79 Å². The minimum absolute atomic E-state index is 0.114. The summed E-state index contributed by atoms with van der Waals surface area (Å²) in [6.07, 6.45) is 7.58. The molecule has 4 nitrogen and oxygen atoms in total. The Balaban J connectivity index is 1.74. The molecule has 1 amide bonds. The van der Waals surface area contributed by atoms with Crippen molar-refractivity contribution in [3.63, 3.8) is 0 Å². The fourth-order valence-electron chi connectivity index (χ4n) is 2.16. The first-order valence-electron chi connectivity index (χ1n) is 6.45. The molecule has 1 aliphatic carbocycles. The average Bonchev–Trinajstić information content (AvgIpc) is 2.38. The summed E-state index contributed by atoms with van der Waals surface area (Å²) in [5.41, 5.74) is 0.931. The summed E-state index contributed by atoms with van der Waals surface area (Å²) in [7, 11) is 0. The van der Waals surface area contributed by atoms with Crippen molar-refractivity contribution >= 4 is 17.7 Å². The van der Waals surface area contributed by atoms with Crippen LogP contribution in [0.25, 0.3) is 0 Å². The number of aryl methyl sites for hydroxylation is 1. The van der Waals surface area contributed by atoms with Crippen LogP contribution in [-0.4, -0.2) is 27.7 Å². The first-order chi connectivity index (χ1) is 8.74. The molecule has 1 N–H and O–H groups in total. The minimum Gasteiger partial charge on any atom is -0.353 e. The summed E-state index contributed by atoms with van der Waals surface area (Å²) in [6, 6.07) is 2.29. The molecule has 18 heavy (non-hydrogen) atoms. The maximum atomic E-state index is 11.8. The zero-order chi connectivity index (χ0) is 12.8. The van der Waals surface area contributed by atoms with Gasteiger partial charge in [0.2, 0.25) is 5.91 Å². The third-order valence-corrected chi connectivity index (χ3v) is 4.03. The molecule has 0 spiro atoms. The van der Waals surface area contributed by atoms with Gasteiger partial charge in [-0.2, -0.15) is 0 Å². The Morgan fingerprint density at radius 3 is 2.89 bits per heavy atom. The molecule has 0 radical (unpaired) electrons. The van der Waals surface area contributed by atoms with E-state index in [1.54, 1.807) is 0 Å². The molecule has 0 saturated heterocycles. The van der Waals surface area contributed by atoms with Gasteiger partial charge < -0.3 is 5.32 Å². The monoisotopic (exact) mass is 265 g/mol. The Kier molecular flexibility index (Phi) is 4.99. The van der Waals surface area contributed by atoms with Crippen LogP contribution in [0.5, 0.6) is 0 Å². The zero-order valence-electron chi connectivity index (χ0n) is 10.7. The van der Waals surface area contributed by atoms with Crippen molar-refractivity contribution in [3.8, 4) is 0 Å². The molecule has 1 aromatic heterocycles. The Bertz CT molecular complexity index is 405. The highest BCUT2D eigenvalue weighted by Crippen LogP contribution is 2.18. The molecule has 5 heteroatoms. The molecule has 1 saturated carbocycles. The third kappa shape index (κ3) is 4.29. The lowest BCUT2D eigenvalue weighted by Gasteiger charge is -2.22. The highest BCUT2D eigenvalue weighted by molar-refractivity contribution is 7.99. The number of aromatic nitrogens is 2. The molecule has 1 heterocycles. The summed E-state index contributed by atoms with van der Waals surface area (Å²) in [5, 5.41) is 3.96. The fraction of sp³-hybridized carbons (Fsp3) is 0.615. The molecule has 1 fully saturated rings. The van der Waals surface area contributed by atoms with Crippen molar-refractivity contribution in [2.24, 2.45) is 0 Å².